The van der Waals surface area contributed by atoms with Crippen LogP contribution in [0.5, 0.6) is 0 Å². The van der Waals surface area contributed by atoms with Gasteiger partial charge < -0.3 is 5.11 Å². The quantitative estimate of drug-likeness (QED) is 0.621. The van der Waals surface area contributed by atoms with Gasteiger partial charge in [-0.15, -0.1) is 6.42 Å². The maximum atomic E-state index is 9.74. The molecule has 0 radical (unpaired) electrons. The Bertz CT molecular complexity index is 318. The van der Waals surface area contributed by atoms with Crippen molar-refractivity contribution in [3.8, 4) is 12.3 Å². The smallest absolute Gasteiger partial charge is 0.148 e. The van der Waals surface area contributed by atoms with Gasteiger partial charge in [0.25, 0.3) is 0 Å². The second-order valence-corrected chi connectivity index (χ2v) is 3.03. The van der Waals surface area contributed by atoms with E-state index in [1.165, 1.54) is 0 Å². The summed E-state index contributed by atoms with van der Waals surface area (Å²) in [7, 11) is 0. The van der Waals surface area contributed by atoms with E-state index in [4.69, 9.17) is 6.42 Å². The highest BCUT2D eigenvalue weighted by atomic mass is 16.3. The van der Waals surface area contributed by atoms with Crippen molar-refractivity contribution in [3.63, 3.8) is 0 Å². The fourth-order valence-electron chi connectivity index (χ4n) is 1.20. The molecule has 1 rings (SSSR count). The van der Waals surface area contributed by atoms with Crippen molar-refractivity contribution in [1.29, 1.82) is 0 Å². The number of aryl methyl sites for hydroxylation is 1. The van der Waals surface area contributed by atoms with Crippen molar-refractivity contribution in [2.45, 2.75) is 19.4 Å². The van der Waals surface area contributed by atoms with Gasteiger partial charge in [-0.25, -0.2) is 0 Å². The Hall–Kier alpha value is -1.26. The van der Waals surface area contributed by atoms with E-state index in [0.29, 0.717) is 0 Å². The minimum absolute atomic E-state index is 0.799. The molecule has 0 aliphatic heterocycles. The van der Waals surface area contributed by atoms with E-state index in [1.54, 1.807) is 6.92 Å². The Morgan fingerprint density at radius 2 is 2.00 bits per heavy atom. The molecule has 1 N–H and O–H groups in total. The summed E-state index contributed by atoms with van der Waals surface area (Å²) >= 11 is 0. The van der Waals surface area contributed by atoms with E-state index in [0.717, 1.165) is 11.1 Å². The van der Waals surface area contributed by atoms with Crippen molar-refractivity contribution in [2.24, 2.45) is 0 Å². The first-order valence-corrected chi connectivity index (χ1v) is 3.84. The fraction of sp³-hybridized carbons (Fsp3) is 0.273. The van der Waals surface area contributed by atoms with Gasteiger partial charge in [-0.1, -0.05) is 30.2 Å². The first-order valence-electron chi connectivity index (χ1n) is 3.84. The molecular weight excluding hydrogens is 148 g/mol. The highest BCUT2D eigenvalue weighted by molar-refractivity contribution is 5.35. The molecule has 0 spiro atoms. The molecule has 0 fully saturated rings. The summed E-state index contributed by atoms with van der Waals surface area (Å²) in [5, 5.41) is 9.74. The molecule has 0 aliphatic carbocycles. The molecule has 62 valence electrons. The number of hydrogen-bond donors (Lipinski definition) is 1. The molecule has 1 heteroatoms. The number of terminal acetylenes is 1. The molecule has 12 heavy (non-hydrogen) atoms. The van der Waals surface area contributed by atoms with Gasteiger partial charge in [-0.3, -0.25) is 0 Å². The molecule has 0 amide bonds. The second kappa shape index (κ2) is 3.00. The topological polar surface area (TPSA) is 20.2 Å². The predicted molar refractivity (Wildman–Crippen MR) is 49.6 cm³/mol. The highest BCUT2D eigenvalue weighted by Gasteiger charge is 2.20. The van der Waals surface area contributed by atoms with Crippen LogP contribution in [0, 0.1) is 19.3 Å². The molecule has 1 unspecified atom stereocenters. The van der Waals surface area contributed by atoms with Crippen molar-refractivity contribution >= 4 is 0 Å². The first kappa shape index (κ1) is 8.83. The molecule has 0 bridgehead atoms. The normalized spacial score (nSPS) is 14.8. The summed E-state index contributed by atoms with van der Waals surface area (Å²) in [5.41, 5.74) is 0.665. The van der Waals surface area contributed by atoms with Crippen LogP contribution < -0.4 is 0 Å². The lowest BCUT2D eigenvalue weighted by Gasteiger charge is -2.18. The molecule has 0 heterocycles. The van der Waals surface area contributed by atoms with E-state index in [2.05, 4.69) is 5.92 Å². The van der Waals surface area contributed by atoms with Gasteiger partial charge in [0.1, 0.15) is 5.60 Å². The van der Waals surface area contributed by atoms with Crippen LogP contribution >= 0.6 is 0 Å². The molecule has 0 saturated heterocycles. The number of benzene rings is 1. The van der Waals surface area contributed by atoms with Crippen LogP contribution in [0.4, 0.5) is 0 Å². The minimum atomic E-state index is -1.15. The van der Waals surface area contributed by atoms with Gasteiger partial charge in [0.05, 0.1) is 0 Å². The number of hydrogen-bond acceptors (Lipinski definition) is 1. The summed E-state index contributed by atoms with van der Waals surface area (Å²) in [4.78, 5) is 0. The van der Waals surface area contributed by atoms with Crippen LogP contribution in [0.25, 0.3) is 0 Å². The Kier molecular flexibility index (Phi) is 2.21. The molecule has 1 nitrogen and oxygen atoms in total. The molecule has 1 atom stereocenters. The van der Waals surface area contributed by atoms with E-state index in [9.17, 15) is 5.11 Å². The van der Waals surface area contributed by atoms with Crippen LogP contribution in [-0.2, 0) is 5.60 Å². The molecule has 1 aromatic carbocycles. The minimum Gasteiger partial charge on any atom is -0.374 e. The van der Waals surface area contributed by atoms with E-state index >= 15 is 0 Å². The zero-order chi connectivity index (χ0) is 9.19. The standard InChI is InChI=1S/C11H12O/c1-4-11(3,12)10-8-6-5-7-9(10)2/h1,5-8,12H,2-3H3. The lowest BCUT2D eigenvalue weighted by molar-refractivity contribution is 0.121. The van der Waals surface area contributed by atoms with Gasteiger partial charge in [0.2, 0.25) is 0 Å². The monoisotopic (exact) mass is 160 g/mol. The summed E-state index contributed by atoms with van der Waals surface area (Å²) in [6, 6.07) is 7.57. The van der Waals surface area contributed by atoms with Gasteiger partial charge in [0.15, 0.2) is 0 Å². The molecule has 0 saturated carbocycles. The summed E-state index contributed by atoms with van der Waals surface area (Å²) in [5.74, 6) is 2.35. The van der Waals surface area contributed by atoms with Gasteiger partial charge in [0, 0.05) is 0 Å². The van der Waals surface area contributed by atoms with E-state index in [-0.39, 0.29) is 0 Å². The molecule has 1 aromatic rings. The van der Waals surface area contributed by atoms with Crippen LogP contribution in [0.1, 0.15) is 18.1 Å². The third kappa shape index (κ3) is 1.49. The average Bonchev–Trinajstić information content (AvgIpc) is 2.05. The Labute approximate surface area is 73.0 Å². The lowest BCUT2D eigenvalue weighted by Crippen LogP contribution is -2.19. The molecular formula is C11H12O. The SMILES string of the molecule is C#CC(C)(O)c1ccccc1C. The highest BCUT2D eigenvalue weighted by Crippen LogP contribution is 2.22. The average molecular weight is 160 g/mol. The fourth-order valence-corrected chi connectivity index (χ4v) is 1.20. The van der Waals surface area contributed by atoms with Gasteiger partial charge in [-0.05, 0) is 25.0 Å². The van der Waals surface area contributed by atoms with E-state index in [1.807, 2.05) is 31.2 Å². The van der Waals surface area contributed by atoms with Crippen LogP contribution in [0.2, 0.25) is 0 Å². The summed E-state index contributed by atoms with van der Waals surface area (Å²) < 4.78 is 0. The second-order valence-electron chi connectivity index (χ2n) is 3.03. The van der Waals surface area contributed by atoms with Gasteiger partial charge >= 0.3 is 0 Å². The molecule has 0 aromatic heterocycles. The Balaban J connectivity index is 3.22. The van der Waals surface area contributed by atoms with E-state index < -0.39 is 5.60 Å². The zero-order valence-electron chi connectivity index (χ0n) is 7.33. The predicted octanol–water partition coefficient (Wildman–Crippen LogP) is 1.84. The lowest BCUT2D eigenvalue weighted by atomic mass is 9.93. The maximum Gasteiger partial charge on any atom is 0.148 e. The Morgan fingerprint density at radius 1 is 1.42 bits per heavy atom. The van der Waals surface area contributed by atoms with Crippen LogP contribution in [0.3, 0.4) is 0 Å². The van der Waals surface area contributed by atoms with Gasteiger partial charge in [-0.2, -0.15) is 0 Å². The van der Waals surface area contributed by atoms with Crippen LogP contribution in [0.15, 0.2) is 24.3 Å². The first-order chi connectivity index (χ1) is 5.58. The molecule has 0 aliphatic rings. The largest absolute Gasteiger partial charge is 0.374 e. The van der Waals surface area contributed by atoms with Crippen molar-refractivity contribution in [1.82, 2.24) is 0 Å². The Morgan fingerprint density at radius 3 is 2.50 bits per heavy atom. The maximum absolute atomic E-state index is 9.74. The van der Waals surface area contributed by atoms with Crippen LogP contribution in [-0.4, -0.2) is 5.11 Å². The van der Waals surface area contributed by atoms with Crippen molar-refractivity contribution in [2.75, 3.05) is 0 Å². The summed E-state index contributed by atoms with van der Waals surface area (Å²) in [6.45, 7) is 3.55. The van der Waals surface area contributed by atoms with Crippen molar-refractivity contribution < 1.29 is 5.11 Å². The zero-order valence-corrected chi connectivity index (χ0v) is 7.33. The summed E-state index contributed by atoms with van der Waals surface area (Å²) in [6.07, 6.45) is 5.21. The number of rotatable bonds is 1. The van der Waals surface area contributed by atoms with Crippen molar-refractivity contribution in [3.05, 3.63) is 35.4 Å². The third-order valence-electron chi connectivity index (χ3n) is 1.95. The third-order valence-corrected chi connectivity index (χ3v) is 1.95. The number of aliphatic hydroxyl groups is 1.